The molecule has 0 spiro atoms. The van der Waals surface area contributed by atoms with Crippen molar-refractivity contribution in [3.8, 4) is 0 Å². The van der Waals surface area contributed by atoms with E-state index in [0.29, 0.717) is 12.5 Å². The molecule has 1 amide bonds. The summed E-state index contributed by atoms with van der Waals surface area (Å²) < 4.78 is 0. The molecule has 1 saturated carbocycles. The molecule has 0 aromatic carbocycles. The maximum absolute atomic E-state index is 11.6. The Kier molecular flexibility index (Phi) is 5.26. The van der Waals surface area contributed by atoms with Crippen LogP contribution in [0.15, 0.2) is 0 Å². The highest BCUT2D eigenvalue weighted by molar-refractivity contribution is 5.78. The van der Waals surface area contributed by atoms with E-state index in [1.54, 1.807) is 0 Å². The highest BCUT2D eigenvalue weighted by Crippen LogP contribution is 2.34. The lowest BCUT2D eigenvalue weighted by Gasteiger charge is -2.42. The maximum Gasteiger partial charge on any atom is 0.233 e. The smallest absolute Gasteiger partial charge is 0.233 e. The molecule has 0 saturated heterocycles. The Hall–Kier alpha value is -0.570. The van der Waals surface area contributed by atoms with Gasteiger partial charge in [0.2, 0.25) is 5.91 Å². The van der Waals surface area contributed by atoms with Gasteiger partial charge in [0.05, 0.1) is 6.54 Å². The third kappa shape index (κ3) is 4.12. The Bertz CT molecular complexity index is 216. The largest absolute Gasteiger partial charge is 0.355 e. The lowest BCUT2D eigenvalue weighted by atomic mass is 9.75. The van der Waals surface area contributed by atoms with Crippen LogP contribution >= 0.6 is 0 Å². The molecule has 0 atom stereocenters. The van der Waals surface area contributed by atoms with Crippen LogP contribution in [-0.2, 0) is 4.79 Å². The molecular formula is C13H26N2O. The molecule has 0 aromatic heterocycles. The highest BCUT2D eigenvalue weighted by atomic mass is 16.1. The van der Waals surface area contributed by atoms with Gasteiger partial charge in [-0.1, -0.05) is 20.8 Å². The van der Waals surface area contributed by atoms with Crippen molar-refractivity contribution in [2.45, 2.75) is 58.4 Å². The zero-order valence-electron chi connectivity index (χ0n) is 10.9. The van der Waals surface area contributed by atoms with Crippen LogP contribution in [0.3, 0.4) is 0 Å². The van der Waals surface area contributed by atoms with E-state index in [1.165, 1.54) is 19.3 Å². The highest BCUT2D eigenvalue weighted by Gasteiger charge is 2.34. The van der Waals surface area contributed by atoms with Gasteiger partial charge < -0.3 is 10.6 Å². The van der Waals surface area contributed by atoms with Gasteiger partial charge in [-0.2, -0.15) is 0 Å². The first-order chi connectivity index (χ1) is 7.58. The van der Waals surface area contributed by atoms with Crippen molar-refractivity contribution >= 4 is 5.91 Å². The Morgan fingerprint density at radius 3 is 2.50 bits per heavy atom. The molecule has 0 aliphatic heterocycles. The van der Waals surface area contributed by atoms with Crippen LogP contribution in [0.1, 0.15) is 52.9 Å². The second-order valence-electron chi connectivity index (χ2n) is 5.37. The van der Waals surface area contributed by atoms with Gasteiger partial charge in [-0.3, -0.25) is 4.79 Å². The van der Waals surface area contributed by atoms with Crippen LogP contribution in [-0.4, -0.2) is 24.5 Å². The molecule has 0 radical (unpaired) electrons. The summed E-state index contributed by atoms with van der Waals surface area (Å²) in [5.74, 6) is 0.794. The summed E-state index contributed by atoms with van der Waals surface area (Å²) in [6.07, 6.45) is 5.94. The van der Waals surface area contributed by atoms with Gasteiger partial charge in [0.25, 0.3) is 0 Å². The van der Waals surface area contributed by atoms with Gasteiger partial charge in [-0.05, 0) is 38.0 Å². The number of hydrogen-bond acceptors (Lipinski definition) is 2. The van der Waals surface area contributed by atoms with Crippen LogP contribution in [0, 0.1) is 5.92 Å². The molecule has 1 rings (SSSR count). The summed E-state index contributed by atoms with van der Waals surface area (Å²) in [5, 5.41) is 6.37. The van der Waals surface area contributed by atoms with E-state index < -0.39 is 0 Å². The minimum absolute atomic E-state index is 0.139. The molecule has 2 N–H and O–H groups in total. The van der Waals surface area contributed by atoms with Crippen LogP contribution in [0.5, 0.6) is 0 Å². The van der Waals surface area contributed by atoms with E-state index in [1.807, 2.05) is 0 Å². The second kappa shape index (κ2) is 6.24. The number of amides is 1. The van der Waals surface area contributed by atoms with Crippen molar-refractivity contribution in [1.29, 1.82) is 0 Å². The molecule has 1 fully saturated rings. The Morgan fingerprint density at radius 1 is 1.38 bits per heavy atom. The fourth-order valence-electron chi connectivity index (χ4n) is 2.09. The van der Waals surface area contributed by atoms with Gasteiger partial charge in [0.1, 0.15) is 0 Å². The van der Waals surface area contributed by atoms with Crippen molar-refractivity contribution in [3.63, 3.8) is 0 Å². The zero-order chi connectivity index (χ0) is 12.0. The van der Waals surface area contributed by atoms with Crippen molar-refractivity contribution in [3.05, 3.63) is 0 Å². The van der Waals surface area contributed by atoms with Gasteiger partial charge in [0, 0.05) is 12.1 Å². The van der Waals surface area contributed by atoms with Crippen LogP contribution in [0.4, 0.5) is 0 Å². The van der Waals surface area contributed by atoms with Crippen molar-refractivity contribution in [2.75, 3.05) is 13.1 Å². The minimum Gasteiger partial charge on any atom is -0.355 e. The van der Waals surface area contributed by atoms with Crippen molar-refractivity contribution in [1.82, 2.24) is 10.6 Å². The van der Waals surface area contributed by atoms with Crippen molar-refractivity contribution < 1.29 is 4.79 Å². The number of carbonyl (C=O) groups is 1. The first kappa shape index (κ1) is 13.5. The molecule has 94 valence electrons. The fourth-order valence-corrected chi connectivity index (χ4v) is 2.09. The molecule has 0 unspecified atom stereocenters. The predicted octanol–water partition coefficient (Wildman–Crippen LogP) is 2.07. The fraction of sp³-hybridized carbons (Fsp3) is 0.923. The average Bonchev–Trinajstić information content (AvgIpc) is 2.16. The monoisotopic (exact) mass is 226 g/mol. The van der Waals surface area contributed by atoms with Crippen molar-refractivity contribution in [2.24, 2.45) is 5.92 Å². The van der Waals surface area contributed by atoms with Gasteiger partial charge in [-0.15, -0.1) is 0 Å². The van der Waals surface area contributed by atoms with E-state index in [9.17, 15) is 4.79 Å². The second-order valence-corrected chi connectivity index (χ2v) is 5.37. The Balaban J connectivity index is 2.10. The first-order valence-electron chi connectivity index (χ1n) is 6.60. The summed E-state index contributed by atoms with van der Waals surface area (Å²) in [5.41, 5.74) is 0.273. The molecule has 1 aliphatic carbocycles. The lowest BCUT2D eigenvalue weighted by Crippen LogP contribution is -2.53. The number of nitrogens with one attached hydrogen (secondary N) is 2. The first-order valence-corrected chi connectivity index (χ1v) is 6.60. The molecule has 0 bridgehead atoms. The number of hydrogen-bond donors (Lipinski definition) is 2. The molecule has 1 aliphatic rings. The van der Waals surface area contributed by atoms with E-state index in [2.05, 4.69) is 31.4 Å². The van der Waals surface area contributed by atoms with E-state index >= 15 is 0 Å². The van der Waals surface area contributed by atoms with E-state index in [4.69, 9.17) is 0 Å². The molecular weight excluding hydrogens is 200 g/mol. The molecule has 0 aromatic rings. The van der Waals surface area contributed by atoms with Crippen LogP contribution in [0.2, 0.25) is 0 Å². The summed E-state index contributed by atoms with van der Waals surface area (Å²) in [6, 6.07) is 0. The third-order valence-corrected chi connectivity index (χ3v) is 3.66. The zero-order valence-corrected chi connectivity index (χ0v) is 10.9. The van der Waals surface area contributed by atoms with Gasteiger partial charge >= 0.3 is 0 Å². The minimum atomic E-state index is 0.139. The van der Waals surface area contributed by atoms with Crippen LogP contribution in [0.25, 0.3) is 0 Å². The average molecular weight is 226 g/mol. The number of carbonyl (C=O) groups excluding carboxylic acids is 1. The van der Waals surface area contributed by atoms with Gasteiger partial charge in [0.15, 0.2) is 0 Å². The third-order valence-electron chi connectivity index (χ3n) is 3.66. The molecule has 3 heteroatoms. The normalized spacial score (nSPS) is 18.2. The quantitative estimate of drug-likeness (QED) is 0.698. The summed E-state index contributed by atoms with van der Waals surface area (Å²) >= 11 is 0. The SMILES string of the molecule is CCC1(NCC(=O)NCCC(C)C)CCC1. The molecule has 3 nitrogen and oxygen atoms in total. The Labute approximate surface area is 99.4 Å². The summed E-state index contributed by atoms with van der Waals surface area (Å²) in [6.45, 7) is 7.82. The summed E-state index contributed by atoms with van der Waals surface area (Å²) in [4.78, 5) is 11.6. The van der Waals surface area contributed by atoms with E-state index in [0.717, 1.165) is 19.4 Å². The van der Waals surface area contributed by atoms with E-state index in [-0.39, 0.29) is 11.4 Å². The molecule has 0 heterocycles. The van der Waals surface area contributed by atoms with Gasteiger partial charge in [-0.25, -0.2) is 0 Å². The Morgan fingerprint density at radius 2 is 2.06 bits per heavy atom. The topological polar surface area (TPSA) is 41.1 Å². The number of rotatable bonds is 7. The maximum atomic E-state index is 11.6. The standard InChI is InChI=1S/C13H26N2O/c1-4-13(7-5-8-13)15-10-12(16)14-9-6-11(2)3/h11,15H,4-10H2,1-3H3,(H,14,16). The molecule has 16 heavy (non-hydrogen) atoms. The predicted molar refractivity (Wildman–Crippen MR) is 67.3 cm³/mol. The summed E-state index contributed by atoms with van der Waals surface area (Å²) in [7, 11) is 0. The van der Waals surface area contributed by atoms with Crippen LogP contribution < -0.4 is 10.6 Å². The lowest BCUT2D eigenvalue weighted by molar-refractivity contribution is -0.120.